The number of halogens is 1. The van der Waals surface area contributed by atoms with Crippen molar-refractivity contribution in [2.24, 2.45) is 0 Å². The van der Waals surface area contributed by atoms with Crippen molar-refractivity contribution < 1.29 is 9.47 Å². The highest BCUT2D eigenvalue weighted by atomic mass is 127. The van der Waals surface area contributed by atoms with Gasteiger partial charge in [-0.3, -0.25) is 0 Å². The second kappa shape index (κ2) is 5.16. The van der Waals surface area contributed by atoms with Crippen molar-refractivity contribution in [3.05, 3.63) is 27.3 Å². The molecule has 0 heterocycles. The van der Waals surface area contributed by atoms with E-state index in [0.717, 1.165) is 9.32 Å². The Hall–Kier alpha value is -0.290. The van der Waals surface area contributed by atoms with Crippen LogP contribution in [-0.4, -0.2) is 12.7 Å². The molecule has 0 unspecified atom stereocenters. The van der Waals surface area contributed by atoms with E-state index in [2.05, 4.69) is 49.4 Å². The lowest BCUT2D eigenvalue weighted by Gasteiger charge is -2.19. The molecule has 0 N–H and O–H groups in total. The van der Waals surface area contributed by atoms with Gasteiger partial charge < -0.3 is 9.47 Å². The first-order valence-electron chi connectivity index (χ1n) is 4.89. The van der Waals surface area contributed by atoms with Crippen molar-refractivity contribution in [3.8, 4) is 5.75 Å². The van der Waals surface area contributed by atoms with Crippen LogP contribution >= 0.6 is 22.6 Å². The van der Waals surface area contributed by atoms with Crippen LogP contribution in [0.2, 0.25) is 0 Å². The van der Waals surface area contributed by atoms with Crippen LogP contribution in [0.25, 0.3) is 0 Å². The van der Waals surface area contributed by atoms with Crippen molar-refractivity contribution >= 4 is 22.6 Å². The molecule has 84 valence electrons. The summed E-state index contributed by atoms with van der Waals surface area (Å²) in [6.45, 7) is 6.81. The summed E-state index contributed by atoms with van der Waals surface area (Å²) >= 11 is 2.27. The molecule has 2 nitrogen and oxygen atoms in total. The predicted molar refractivity (Wildman–Crippen MR) is 70.3 cm³/mol. The van der Waals surface area contributed by atoms with Gasteiger partial charge in [0.25, 0.3) is 0 Å². The van der Waals surface area contributed by atoms with E-state index in [1.165, 1.54) is 5.56 Å². The second-order valence-electron chi connectivity index (χ2n) is 4.37. The minimum Gasteiger partial charge on any atom is -0.496 e. The predicted octanol–water partition coefficient (Wildman–Crippen LogP) is 3.61. The minimum atomic E-state index is -0.0919. The Labute approximate surface area is 105 Å². The number of benzene rings is 1. The third-order valence-electron chi connectivity index (χ3n) is 1.89. The van der Waals surface area contributed by atoms with Crippen LogP contribution in [0.3, 0.4) is 0 Å². The summed E-state index contributed by atoms with van der Waals surface area (Å²) in [6, 6.07) is 6.10. The Bertz CT molecular complexity index is 329. The van der Waals surface area contributed by atoms with Gasteiger partial charge in [-0.05, 0) is 61.1 Å². The van der Waals surface area contributed by atoms with Crippen LogP contribution in [0.4, 0.5) is 0 Å². The molecule has 1 aromatic carbocycles. The van der Waals surface area contributed by atoms with Gasteiger partial charge in [0, 0.05) is 0 Å². The average Bonchev–Trinajstić information content (AvgIpc) is 2.14. The highest BCUT2D eigenvalue weighted by Crippen LogP contribution is 2.22. The fourth-order valence-electron chi connectivity index (χ4n) is 1.10. The standard InChI is InChI=1S/C12H17IO2/c1-12(2,3)15-8-9-5-6-11(14-4)10(13)7-9/h5-7H,8H2,1-4H3. The van der Waals surface area contributed by atoms with Crippen molar-refractivity contribution in [2.45, 2.75) is 33.0 Å². The van der Waals surface area contributed by atoms with E-state index in [4.69, 9.17) is 9.47 Å². The van der Waals surface area contributed by atoms with Crippen LogP contribution in [0, 0.1) is 3.57 Å². The van der Waals surface area contributed by atoms with Gasteiger partial charge in [-0.2, -0.15) is 0 Å². The maximum atomic E-state index is 5.70. The summed E-state index contributed by atoms with van der Waals surface area (Å²) < 4.78 is 12.0. The Morgan fingerprint density at radius 2 is 1.93 bits per heavy atom. The number of hydrogen-bond acceptors (Lipinski definition) is 2. The third kappa shape index (κ3) is 4.38. The normalized spacial score (nSPS) is 11.5. The molecule has 0 atom stereocenters. The van der Waals surface area contributed by atoms with Gasteiger partial charge in [0.05, 0.1) is 22.9 Å². The molecular formula is C12H17IO2. The number of hydrogen-bond donors (Lipinski definition) is 0. The van der Waals surface area contributed by atoms with Crippen LogP contribution < -0.4 is 4.74 Å². The third-order valence-corrected chi connectivity index (χ3v) is 2.73. The van der Waals surface area contributed by atoms with Crippen molar-refractivity contribution in [1.29, 1.82) is 0 Å². The smallest absolute Gasteiger partial charge is 0.132 e. The van der Waals surface area contributed by atoms with E-state index in [1.54, 1.807) is 7.11 Å². The van der Waals surface area contributed by atoms with Crippen molar-refractivity contribution in [3.63, 3.8) is 0 Å². The molecule has 0 aliphatic heterocycles. The van der Waals surface area contributed by atoms with E-state index in [1.807, 2.05) is 12.1 Å². The molecule has 15 heavy (non-hydrogen) atoms. The van der Waals surface area contributed by atoms with E-state index in [0.29, 0.717) is 6.61 Å². The monoisotopic (exact) mass is 320 g/mol. The zero-order valence-electron chi connectivity index (χ0n) is 9.63. The van der Waals surface area contributed by atoms with Crippen molar-refractivity contribution in [2.75, 3.05) is 7.11 Å². The molecule has 0 saturated heterocycles. The molecule has 1 rings (SSSR count). The van der Waals surface area contributed by atoms with E-state index < -0.39 is 0 Å². The fraction of sp³-hybridized carbons (Fsp3) is 0.500. The first kappa shape index (κ1) is 12.8. The van der Waals surface area contributed by atoms with Gasteiger partial charge in [-0.25, -0.2) is 0 Å². The lowest BCUT2D eigenvalue weighted by molar-refractivity contribution is -0.0149. The largest absolute Gasteiger partial charge is 0.496 e. The summed E-state index contributed by atoms with van der Waals surface area (Å²) in [5.41, 5.74) is 1.08. The van der Waals surface area contributed by atoms with E-state index >= 15 is 0 Å². The first-order chi connectivity index (χ1) is 6.92. The van der Waals surface area contributed by atoms with Crippen LogP contribution in [-0.2, 0) is 11.3 Å². The molecule has 0 fully saturated rings. The van der Waals surface area contributed by atoms with E-state index in [9.17, 15) is 0 Å². The molecule has 0 amide bonds. The highest BCUT2D eigenvalue weighted by molar-refractivity contribution is 14.1. The Balaban J connectivity index is 2.68. The zero-order valence-corrected chi connectivity index (χ0v) is 11.8. The number of ether oxygens (including phenoxy) is 2. The summed E-state index contributed by atoms with van der Waals surface area (Å²) in [7, 11) is 1.68. The number of rotatable bonds is 3. The van der Waals surface area contributed by atoms with E-state index in [-0.39, 0.29) is 5.60 Å². The van der Waals surface area contributed by atoms with Crippen LogP contribution in [0.1, 0.15) is 26.3 Å². The summed E-state index contributed by atoms with van der Waals surface area (Å²) in [5.74, 6) is 0.912. The van der Waals surface area contributed by atoms with Crippen LogP contribution in [0.5, 0.6) is 5.75 Å². The van der Waals surface area contributed by atoms with Gasteiger partial charge >= 0.3 is 0 Å². The summed E-state index contributed by atoms with van der Waals surface area (Å²) in [6.07, 6.45) is 0. The molecule has 0 spiro atoms. The Kier molecular flexibility index (Phi) is 4.40. The lowest BCUT2D eigenvalue weighted by Crippen LogP contribution is -2.18. The lowest BCUT2D eigenvalue weighted by atomic mass is 10.2. The highest BCUT2D eigenvalue weighted by Gasteiger charge is 2.10. The van der Waals surface area contributed by atoms with Gasteiger partial charge in [0.2, 0.25) is 0 Å². The molecule has 0 radical (unpaired) electrons. The van der Waals surface area contributed by atoms with Crippen molar-refractivity contribution in [1.82, 2.24) is 0 Å². The van der Waals surface area contributed by atoms with Gasteiger partial charge in [-0.15, -0.1) is 0 Å². The molecule has 0 bridgehead atoms. The second-order valence-corrected chi connectivity index (χ2v) is 5.53. The molecule has 1 aromatic rings. The summed E-state index contributed by atoms with van der Waals surface area (Å²) in [5, 5.41) is 0. The maximum Gasteiger partial charge on any atom is 0.132 e. The van der Waals surface area contributed by atoms with Gasteiger partial charge in [0.1, 0.15) is 5.75 Å². The zero-order chi connectivity index (χ0) is 11.5. The number of methoxy groups -OCH3 is 1. The minimum absolute atomic E-state index is 0.0919. The molecule has 3 heteroatoms. The quantitative estimate of drug-likeness (QED) is 0.792. The molecule has 0 aromatic heterocycles. The van der Waals surface area contributed by atoms with Gasteiger partial charge in [0.15, 0.2) is 0 Å². The average molecular weight is 320 g/mol. The van der Waals surface area contributed by atoms with Crippen LogP contribution in [0.15, 0.2) is 18.2 Å². The molecule has 0 aliphatic rings. The molecule has 0 saturated carbocycles. The Morgan fingerprint density at radius 3 is 2.40 bits per heavy atom. The topological polar surface area (TPSA) is 18.5 Å². The molecule has 0 aliphatic carbocycles. The maximum absolute atomic E-state index is 5.70. The Morgan fingerprint density at radius 1 is 1.27 bits per heavy atom. The summed E-state index contributed by atoms with van der Waals surface area (Å²) in [4.78, 5) is 0. The SMILES string of the molecule is COc1ccc(COC(C)(C)C)cc1I. The molecular weight excluding hydrogens is 303 g/mol. The van der Waals surface area contributed by atoms with Gasteiger partial charge in [-0.1, -0.05) is 6.07 Å². The first-order valence-corrected chi connectivity index (χ1v) is 5.96. The fourth-order valence-corrected chi connectivity index (χ4v) is 1.90.